The number of thiocarbonyl (C=S) groups is 1. The van der Waals surface area contributed by atoms with Crippen molar-refractivity contribution in [3.8, 4) is 0 Å². The molecular weight excluding hydrogens is 208 g/mol. The summed E-state index contributed by atoms with van der Waals surface area (Å²) in [6, 6.07) is 0. The fourth-order valence-electron chi connectivity index (χ4n) is 1.65. The smallest absolute Gasteiger partial charge is 0.0565 e. The molecule has 0 aromatic rings. The van der Waals surface area contributed by atoms with E-state index in [4.69, 9.17) is 12.2 Å². The van der Waals surface area contributed by atoms with E-state index in [0.29, 0.717) is 0 Å². The van der Waals surface area contributed by atoms with Gasteiger partial charge in [-0.05, 0) is 21.3 Å². The van der Waals surface area contributed by atoms with E-state index in [1.165, 1.54) is 4.91 Å². The molecule has 0 spiro atoms. The fraction of sp³-hybridized carbons (Fsp3) is 0.750. The summed E-state index contributed by atoms with van der Waals surface area (Å²) in [5, 5.41) is 0. The lowest BCUT2D eigenvalue weighted by Gasteiger charge is -2.27. The van der Waals surface area contributed by atoms with Crippen molar-refractivity contribution in [2.45, 2.75) is 48.0 Å². The highest BCUT2D eigenvalue weighted by Gasteiger charge is 2.33. The van der Waals surface area contributed by atoms with Gasteiger partial charge in [0.1, 0.15) is 0 Å². The van der Waals surface area contributed by atoms with E-state index < -0.39 is 0 Å². The van der Waals surface area contributed by atoms with Crippen LogP contribution in [0.2, 0.25) is 0 Å². The second-order valence-electron chi connectivity index (χ2n) is 5.96. The molecule has 0 nitrogen and oxygen atoms in total. The summed E-state index contributed by atoms with van der Waals surface area (Å²) >= 11 is 7.15. The van der Waals surface area contributed by atoms with Crippen molar-refractivity contribution in [1.82, 2.24) is 0 Å². The first-order chi connectivity index (χ1) is 6.12. The highest BCUT2D eigenvalue weighted by molar-refractivity contribution is 8.26. The Kier molecular flexibility index (Phi) is 3.18. The lowest BCUT2D eigenvalue weighted by molar-refractivity contribution is 0.462. The van der Waals surface area contributed by atoms with E-state index in [9.17, 15) is 0 Å². The number of hydrogen-bond donors (Lipinski definition) is 0. The number of thioether (sulfide) groups is 1. The van der Waals surface area contributed by atoms with E-state index in [1.807, 2.05) is 11.8 Å². The molecule has 1 heterocycles. The zero-order chi connectivity index (χ0) is 11.1. The van der Waals surface area contributed by atoms with E-state index in [2.05, 4.69) is 41.5 Å². The summed E-state index contributed by atoms with van der Waals surface area (Å²) in [6.45, 7) is 13.7. The molecule has 1 aliphatic rings. The molecule has 0 saturated heterocycles. The maximum Gasteiger partial charge on any atom is 0.0565 e. The van der Waals surface area contributed by atoms with Crippen molar-refractivity contribution in [3.05, 3.63) is 10.5 Å². The highest BCUT2D eigenvalue weighted by atomic mass is 32.2. The second kappa shape index (κ2) is 3.64. The van der Waals surface area contributed by atoms with Gasteiger partial charge in [0.05, 0.1) is 4.20 Å². The normalized spacial score (nSPS) is 19.4. The fourth-order valence-corrected chi connectivity index (χ4v) is 3.29. The third-order valence-electron chi connectivity index (χ3n) is 2.40. The Bertz CT molecular complexity index is 256. The van der Waals surface area contributed by atoms with Crippen LogP contribution in [-0.4, -0.2) is 4.20 Å². The average Bonchev–Trinajstić information content (AvgIpc) is 2.27. The van der Waals surface area contributed by atoms with Gasteiger partial charge < -0.3 is 0 Å². The molecule has 1 aliphatic heterocycles. The van der Waals surface area contributed by atoms with Crippen LogP contribution < -0.4 is 0 Å². The van der Waals surface area contributed by atoms with Gasteiger partial charge in [0, 0.05) is 6.42 Å². The van der Waals surface area contributed by atoms with E-state index in [-0.39, 0.29) is 10.8 Å². The Labute approximate surface area is 97.5 Å². The molecule has 1 rings (SSSR count). The molecule has 0 saturated carbocycles. The lowest BCUT2D eigenvalue weighted by Crippen LogP contribution is -2.15. The molecule has 0 atom stereocenters. The van der Waals surface area contributed by atoms with E-state index in [1.54, 1.807) is 5.57 Å². The Morgan fingerprint density at radius 3 is 1.79 bits per heavy atom. The van der Waals surface area contributed by atoms with E-state index >= 15 is 0 Å². The van der Waals surface area contributed by atoms with Gasteiger partial charge in [-0.1, -0.05) is 65.5 Å². The van der Waals surface area contributed by atoms with Crippen molar-refractivity contribution < 1.29 is 0 Å². The van der Waals surface area contributed by atoms with Gasteiger partial charge in [-0.3, -0.25) is 0 Å². The summed E-state index contributed by atoms with van der Waals surface area (Å²) in [4.78, 5) is 1.50. The Morgan fingerprint density at radius 2 is 1.50 bits per heavy atom. The van der Waals surface area contributed by atoms with Crippen LogP contribution in [0.1, 0.15) is 48.0 Å². The minimum absolute atomic E-state index is 0.244. The molecule has 0 amide bonds. The molecule has 0 aromatic carbocycles. The van der Waals surface area contributed by atoms with Gasteiger partial charge >= 0.3 is 0 Å². The van der Waals surface area contributed by atoms with Crippen molar-refractivity contribution in [1.29, 1.82) is 0 Å². The molecule has 0 bridgehead atoms. The number of hydrogen-bond acceptors (Lipinski definition) is 2. The van der Waals surface area contributed by atoms with Crippen LogP contribution in [0.3, 0.4) is 0 Å². The molecular formula is C12H20S2. The molecule has 0 fully saturated rings. The third-order valence-corrected chi connectivity index (χ3v) is 4.23. The van der Waals surface area contributed by atoms with Crippen LogP contribution in [0.15, 0.2) is 10.5 Å². The minimum Gasteiger partial charge on any atom is -0.0863 e. The topological polar surface area (TPSA) is 0 Å². The first-order valence-corrected chi connectivity index (χ1v) is 6.29. The highest BCUT2D eigenvalue weighted by Crippen LogP contribution is 2.50. The SMILES string of the molecule is CC(C)(C)C1=C(C(C)(C)C)SC(=S)C1. The molecule has 2 heteroatoms. The summed E-state index contributed by atoms with van der Waals surface area (Å²) in [5.41, 5.74) is 2.05. The van der Waals surface area contributed by atoms with Gasteiger partial charge in [0.25, 0.3) is 0 Å². The second-order valence-corrected chi connectivity index (χ2v) is 7.81. The predicted molar refractivity (Wildman–Crippen MR) is 70.7 cm³/mol. The standard InChI is InChI=1S/C12H20S2/c1-11(2,3)8-7-9(13)14-10(8)12(4,5)6/h7H2,1-6H3. The zero-order valence-corrected chi connectivity index (χ0v) is 11.7. The van der Waals surface area contributed by atoms with Gasteiger partial charge in [0.2, 0.25) is 0 Å². The summed E-state index contributed by atoms with van der Waals surface area (Å²) in [6.07, 6.45) is 1.01. The molecule has 0 aromatic heterocycles. The molecule has 0 unspecified atom stereocenters. The first kappa shape index (κ1) is 12.3. The van der Waals surface area contributed by atoms with Crippen LogP contribution in [0.4, 0.5) is 0 Å². The monoisotopic (exact) mass is 228 g/mol. The van der Waals surface area contributed by atoms with Crippen molar-refractivity contribution in [2.24, 2.45) is 10.8 Å². The molecule has 0 aliphatic carbocycles. The Morgan fingerprint density at radius 1 is 1.00 bits per heavy atom. The molecule has 14 heavy (non-hydrogen) atoms. The quantitative estimate of drug-likeness (QED) is 0.546. The average molecular weight is 228 g/mol. The van der Waals surface area contributed by atoms with Gasteiger partial charge in [-0.25, -0.2) is 0 Å². The molecule has 80 valence electrons. The first-order valence-electron chi connectivity index (χ1n) is 5.07. The molecule has 0 N–H and O–H groups in total. The Hall–Kier alpha value is 0.180. The molecule has 0 radical (unpaired) electrons. The maximum absolute atomic E-state index is 5.33. The van der Waals surface area contributed by atoms with Gasteiger partial charge in [-0.15, -0.1) is 0 Å². The van der Waals surface area contributed by atoms with Crippen LogP contribution in [0.25, 0.3) is 0 Å². The van der Waals surface area contributed by atoms with Crippen LogP contribution in [0, 0.1) is 10.8 Å². The van der Waals surface area contributed by atoms with Gasteiger partial charge in [0.15, 0.2) is 0 Å². The van der Waals surface area contributed by atoms with Crippen LogP contribution in [0.5, 0.6) is 0 Å². The lowest BCUT2D eigenvalue weighted by atomic mass is 9.80. The minimum atomic E-state index is 0.244. The predicted octanol–water partition coefficient (Wildman–Crippen LogP) is 4.80. The summed E-state index contributed by atoms with van der Waals surface area (Å²) in [7, 11) is 0. The number of allylic oxidation sites excluding steroid dienone is 2. The summed E-state index contributed by atoms with van der Waals surface area (Å²) < 4.78 is 1.14. The Balaban J connectivity index is 3.14. The largest absolute Gasteiger partial charge is 0.0863 e. The van der Waals surface area contributed by atoms with Gasteiger partial charge in [-0.2, -0.15) is 0 Å². The summed E-state index contributed by atoms with van der Waals surface area (Å²) in [5.74, 6) is 0. The number of rotatable bonds is 0. The van der Waals surface area contributed by atoms with E-state index in [0.717, 1.165) is 10.6 Å². The third kappa shape index (κ3) is 2.60. The zero-order valence-electron chi connectivity index (χ0n) is 10.0. The van der Waals surface area contributed by atoms with Crippen LogP contribution in [-0.2, 0) is 0 Å². The maximum atomic E-state index is 5.33. The van der Waals surface area contributed by atoms with Crippen molar-refractivity contribution in [3.63, 3.8) is 0 Å². The van der Waals surface area contributed by atoms with Crippen LogP contribution >= 0.6 is 24.0 Å². The van der Waals surface area contributed by atoms with Crippen molar-refractivity contribution >= 4 is 28.2 Å². The van der Waals surface area contributed by atoms with Crippen molar-refractivity contribution in [2.75, 3.05) is 0 Å².